The van der Waals surface area contributed by atoms with E-state index in [1.165, 1.54) is 6.07 Å². The molecule has 1 aliphatic heterocycles. The highest BCUT2D eigenvalue weighted by molar-refractivity contribution is 5.96. The first-order chi connectivity index (χ1) is 11.8. The molecule has 6 heteroatoms. The number of rotatable bonds is 4. The molecule has 1 aromatic carbocycles. The second-order valence-corrected chi connectivity index (χ2v) is 7.60. The molecule has 25 heavy (non-hydrogen) atoms. The van der Waals surface area contributed by atoms with Crippen LogP contribution in [0.25, 0.3) is 0 Å². The largest absolute Gasteiger partial charge is 0.365 e. The van der Waals surface area contributed by atoms with Crippen LogP contribution in [0, 0.1) is 12.7 Å². The Balaban J connectivity index is 1.72. The number of benzene rings is 1. The van der Waals surface area contributed by atoms with E-state index in [9.17, 15) is 9.18 Å². The van der Waals surface area contributed by atoms with Gasteiger partial charge in [-0.3, -0.25) is 4.79 Å². The van der Waals surface area contributed by atoms with Crippen LogP contribution < -0.4 is 10.2 Å². The van der Waals surface area contributed by atoms with Crippen molar-refractivity contribution in [3.8, 4) is 0 Å². The molecule has 0 spiro atoms. The third kappa shape index (κ3) is 3.67. The van der Waals surface area contributed by atoms with Crippen LogP contribution in [0.1, 0.15) is 44.9 Å². The Morgan fingerprint density at radius 1 is 1.36 bits per heavy atom. The summed E-state index contributed by atoms with van der Waals surface area (Å²) in [5, 5.41) is 7.30. The van der Waals surface area contributed by atoms with Crippen molar-refractivity contribution in [2.45, 2.75) is 52.0 Å². The smallest absolute Gasteiger partial charge is 0.227 e. The van der Waals surface area contributed by atoms with Crippen LogP contribution in [-0.4, -0.2) is 23.7 Å². The predicted molar refractivity (Wildman–Crippen MR) is 95.3 cm³/mol. The number of nitrogens with one attached hydrogen (secondary N) is 1. The quantitative estimate of drug-likeness (QED) is 0.909. The normalized spacial score (nSPS) is 18.0. The molecule has 1 aromatic heterocycles. The predicted octanol–water partition coefficient (Wildman–Crippen LogP) is 4.03. The molecule has 1 atom stereocenters. The average Bonchev–Trinajstić information content (AvgIpc) is 3.14. The third-order valence-corrected chi connectivity index (χ3v) is 4.51. The topological polar surface area (TPSA) is 58.4 Å². The van der Waals surface area contributed by atoms with Gasteiger partial charge in [0.1, 0.15) is 11.6 Å². The number of carbonyl (C=O) groups excluding carboxylic acids is 1. The molecule has 5 nitrogen and oxygen atoms in total. The Hall–Kier alpha value is -2.37. The van der Waals surface area contributed by atoms with Gasteiger partial charge in [0, 0.05) is 30.1 Å². The van der Waals surface area contributed by atoms with E-state index in [4.69, 9.17) is 4.52 Å². The number of hydrogen-bond acceptors (Lipinski definition) is 4. The lowest BCUT2D eigenvalue weighted by atomic mass is 9.93. The minimum atomic E-state index is -0.262. The number of aromatic nitrogens is 1. The van der Waals surface area contributed by atoms with Crippen LogP contribution in [-0.2, 0) is 10.2 Å². The fraction of sp³-hybridized carbons (Fsp3) is 0.474. The summed E-state index contributed by atoms with van der Waals surface area (Å²) >= 11 is 0. The summed E-state index contributed by atoms with van der Waals surface area (Å²) in [6.45, 7) is 8.46. The van der Waals surface area contributed by atoms with Gasteiger partial charge in [0.25, 0.3) is 0 Å². The number of carbonyl (C=O) groups is 1. The first-order valence-corrected chi connectivity index (χ1v) is 8.55. The molecular formula is C19H24FN3O2. The molecule has 0 radical (unpaired) electrons. The van der Waals surface area contributed by atoms with Crippen LogP contribution >= 0.6 is 0 Å². The summed E-state index contributed by atoms with van der Waals surface area (Å²) in [5.41, 5.74) is 1.17. The summed E-state index contributed by atoms with van der Waals surface area (Å²) in [5.74, 6) is 1.28. The van der Waals surface area contributed by atoms with E-state index >= 15 is 0 Å². The number of anilines is 2. The van der Waals surface area contributed by atoms with Gasteiger partial charge in [-0.25, -0.2) is 4.39 Å². The monoisotopic (exact) mass is 345 g/mol. The Bertz CT molecular complexity index is 779. The van der Waals surface area contributed by atoms with Gasteiger partial charge in [-0.1, -0.05) is 25.9 Å². The van der Waals surface area contributed by atoms with Crippen molar-refractivity contribution in [3.05, 3.63) is 41.4 Å². The molecule has 1 N–H and O–H groups in total. The second-order valence-electron chi connectivity index (χ2n) is 7.60. The van der Waals surface area contributed by atoms with Gasteiger partial charge in [-0.15, -0.1) is 0 Å². The lowest BCUT2D eigenvalue weighted by Crippen LogP contribution is -2.37. The van der Waals surface area contributed by atoms with Gasteiger partial charge < -0.3 is 14.7 Å². The number of aryl methyl sites for hydroxylation is 1. The Labute approximate surface area is 147 Å². The molecule has 3 rings (SSSR count). The van der Waals surface area contributed by atoms with Crippen LogP contribution in [0.3, 0.4) is 0 Å². The molecule has 2 heterocycles. The standard InChI is InChI=1S/C19H24FN3O2/c1-12-9-13(5-7-15(12)20)23-14(6-8-18(23)24)11-21-17-10-16(25-22-17)19(2,3)4/h5,7,9-10,14H,6,8,11H2,1-4H3,(H,21,22). The fourth-order valence-electron chi connectivity index (χ4n) is 3.00. The maximum atomic E-state index is 13.5. The summed E-state index contributed by atoms with van der Waals surface area (Å²) in [4.78, 5) is 14.1. The van der Waals surface area contributed by atoms with Crippen molar-refractivity contribution in [1.29, 1.82) is 0 Å². The zero-order valence-corrected chi connectivity index (χ0v) is 15.1. The molecule has 0 saturated carbocycles. The number of nitrogens with zero attached hydrogens (tertiary/aromatic N) is 2. The molecule has 1 unspecified atom stereocenters. The van der Waals surface area contributed by atoms with E-state index in [2.05, 4.69) is 31.2 Å². The van der Waals surface area contributed by atoms with Gasteiger partial charge in [0.2, 0.25) is 5.91 Å². The zero-order chi connectivity index (χ0) is 18.2. The minimum Gasteiger partial charge on any atom is -0.365 e. The highest BCUT2D eigenvalue weighted by Gasteiger charge is 2.32. The van der Waals surface area contributed by atoms with Gasteiger partial charge in [0.15, 0.2) is 5.82 Å². The Morgan fingerprint density at radius 2 is 2.12 bits per heavy atom. The van der Waals surface area contributed by atoms with E-state index in [0.717, 1.165) is 17.9 Å². The Morgan fingerprint density at radius 3 is 2.76 bits per heavy atom. The van der Waals surface area contributed by atoms with E-state index < -0.39 is 0 Å². The van der Waals surface area contributed by atoms with E-state index in [-0.39, 0.29) is 23.2 Å². The average molecular weight is 345 g/mol. The minimum absolute atomic E-state index is 0.00662. The summed E-state index contributed by atoms with van der Waals surface area (Å²) < 4.78 is 18.9. The van der Waals surface area contributed by atoms with Crippen molar-refractivity contribution < 1.29 is 13.7 Å². The summed E-state index contributed by atoms with van der Waals surface area (Å²) in [6.07, 6.45) is 1.25. The van der Waals surface area contributed by atoms with E-state index in [1.807, 2.05) is 6.07 Å². The maximum absolute atomic E-state index is 13.5. The van der Waals surface area contributed by atoms with Crippen LogP contribution in [0.2, 0.25) is 0 Å². The molecule has 1 saturated heterocycles. The summed E-state index contributed by atoms with van der Waals surface area (Å²) in [7, 11) is 0. The lowest BCUT2D eigenvalue weighted by molar-refractivity contribution is -0.117. The number of halogens is 1. The number of amides is 1. The van der Waals surface area contributed by atoms with Crippen LogP contribution in [0.4, 0.5) is 15.9 Å². The van der Waals surface area contributed by atoms with Crippen molar-refractivity contribution >= 4 is 17.4 Å². The highest BCUT2D eigenvalue weighted by Crippen LogP contribution is 2.29. The van der Waals surface area contributed by atoms with Crippen molar-refractivity contribution in [1.82, 2.24) is 5.16 Å². The van der Waals surface area contributed by atoms with Gasteiger partial charge in [0.05, 0.1) is 6.04 Å². The molecule has 1 aliphatic rings. The molecule has 0 bridgehead atoms. The number of hydrogen-bond donors (Lipinski definition) is 1. The molecule has 1 amide bonds. The van der Waals surface area contributed by atoms with E-state index in [1.54, 1.807) is 24.0 Å². The van der Waals surface area contributed by atoms with Crippen LogP contribution in [0.15, 0.2) is 28.8 Å². The second kappa shape index (κ2) is 6.50. The summed E-state index contributed by atoms with van der Waals surface area (Å²) in [6, 6.07) is 6.69. The molecule has 134 valence electrons. The first-order valence-electron chi connectivity index (χ1n) is 8.55. The van der Waals surface area contributed by atoms with Crippen molar-refractivity contribution in [3.63, 3.8) is 0 Å². The third-order valence-electron chi connectivity index (χ3n) is 4.51. The lowest BCUT2D eigenvalue weighted by Gasteiger charge is -2.25. The van der Waals surface area contributed by atoms with Crippen LogP contribution in [0.5, 0.6) is 0 Å². The molecular weight excluding hydrogens is 321 g/mol. The van der Waals surface area contributed by atoms with Gasteiger partial charge in [-0.2, -0.15) is 0 Å². The van der Waals surface area contributed by atoms with E-state index in [0.29, 0.717) is 24.3 Å². The molecule has 1 fully saturated rings. The van der Waals surface area contributed by atoms with Gasteiger partial charge >= 0.3 is 0 Å². The zero-order valence-electron chi connectivity index (χ0n) is 15.1. The fourth-order valence-corrected chi connectivity index (χ4v) is 3.00. The first kappa shape index (κ1) is 17.5. The van der Waals surface area contributed by atoms with Crippen molar-refractivity contribution in [2.75, 3.05) is 16.8 Å². The molecule has 2 aromatic rings. The Kier molecular flexibility index (Phi) is 4.54. The molecule has 0 aliphatic carbocycles. The van der Waals surface area contributed by atoms with Gasteiger partial charge in [-0.05, 0) is 37.1 Å². The maximum Gasteiger partial charge on any atom is 0.227 e. The van der Waals surface area contributed by atoms with Crippen molar-refractivity contribution in [2.24, 2.45) is 0 Å². The SMILES string of the molecule is Cc1cc(N2C(=O)CCC2CNc2cc(C(C)(C)C)on2)ccc1F. The highest BCUT2D eigenvalue weighted by atomic mass is 19.1.